The number of nitrogens with two attached hydrogens (primary N) is 1. The van der Waals surface area contributed by atoms with Gasteiger partial charge in [0.15, 0.2) is 0 Å². The van der Waals surface area contributed by atoms with Gasteiger partial charge in [-0.2, -0.15) is 0 Å². The zero-order valence-corrected chi connectivity index (χ0v) is 11.8. The molecule has 100 valence electrons. The average molecular weight is 240 g/mol. The summed E-state index contributed by atoms with van der Waals surface area (Å²) in [4.78, 5) is 11.8. The maximum Gasteiger partial charge on any atom is 0.220 e. The van der Waals surface area contributed by atoms with E-state index in [-0.39, 0.29) is 11.4 Å². The first kappa shape index (κ1) is 14.5. The molecule has 0 saturated heterocycles. The Balaban J connectivity index is 2.30. The predicted molar refractivity (Wildman–Crippen MR) is 71.6 cm³/mol. The van der Waals surface area contributed by atoms with Gasteiger partial charge in [0, 0.05) is 18.0 Å². The van der Waals surface area contributed by atoms with Gasteiger partial charge in [0.1, 0.15) is 0 Å². The van der Waals surface area contributed by atoms with Crippen molar-refractivity contribution in [1.29, 1.82) is 0 Å². The topological polar surface area (TPSA) is 55.1 Å². The Hall–Kier alpha value is -0.570. The summed E-state index contributed by atoms with van der Waals surface area (Å²) in [5.41, 5.74) is 5.64. The summed E-state index contributed by atoms with van der Waals surface area (Å²) in [7, 11) is 0. The summed E-state index contributed by atoms with van der Waals surface area (Å²) in [6.07, 6.45) is 4.84. The molecular formula is C14H28N2O. The standard InChI is InChI=1S/C14H28N2O/c1-10-7-11(2)9-12(8-10)16-13(17)5-6-14(3,4)15/h10-12H,5-9,15H2,1-4H3,(H,16,17). The third-order valence-corrected chi connectivity index (χ3v) is 3.54. The van der Waals surface area contributed by atoms with Gasteiger partial charge in [0.2, 0.25) is 5.91 Å². The highest BCUT2D eigenvalue weighted by Gasteiger charge is 2.25. The van der Waals surface area contributed by atoms with Gasteiger partial charge in [0.05, 0.1) is 0 Å². The summed E-state index contributed by atoms with van der Waals surface area (Å²) >= 11 is 0. The molecule has 1 aliphatic rings. The van der Waals surface area contributed by atoms with Crippen LogP contribution >= 0.6 is 0 Å². The molecule has 3 N–H and O–H groups in total. The van der Waals surface area contributed by atoms with Crippen LogP contribution in [0.4, 0.5) is 0 Å². The van der Waals surface area contributed by atoms with Crippen LogP contribution in [0.5, 0.6) is 0 Å². The van der Waals surface area contributed by atoms with Crippen molar-refractivity contribution in [1.82, 2.24) is 5.32 Å². The minimum Gasteiger partial charge on any atom is -0.353 e. The van der Waals surface area contributed by atoms with Crippen molar-refractivity contribution in [2.75, 3.05) is 0 Å². The summed E-state index contributed by atoms with van der Waals surface area (Å²) in [6, 6.07) is 0.377. The van der Waals surface area contributed by atoms with Gasteiger partial charge in [-0.3, -0.25) is 4.79 Å². The third kappa shape index (κ3) is 6.06. The highest BCUT2D eigenvalue weighted by atomic mass is 16.1. The minimum atomic E-state index is -0.246. The number of carbonyl (C=O) groups is 1. The van der Waals surface area contributed by atoms with Crippen LogP contribution in [0.2, 0.25) is 0 Å². The summed E-state index contributed by atoms with van der Waals surface area (Å²) in [5.74, 6) is 1.62. The first-order valence-electron chi connectivity index (χ1n) is 6.84. The third-order valence-electron chi connectivity index (χ3n) is 3.54. The average Bonchev–Trinajstić information content (AvgIpc) is 2.11. The zero-order valence-electron chi connectivity index (χ0n) is 11.8. The molecule has 0 aliphatic heterocycles. The highest BCUT2D eigenvalue weighted by Crippen LogP contribution is 2.28. The quantitative estimate of drug-likeness (QED) is 0.793. The number of hydrogen-bond acceptors (Lipinski definition) is 2. The molecule has 0 bridgehead atoms. The van der Waals surface area contributed by atoms with Crippen molar-refractivity contribution >= 4 is 5.91 Å². The Bertz CT molecular complexity index is 247. The molecule has 0 aromatic carbocycles. The van der Waals surface area contributed by atoms with Crippen LogP contribution in [-0.2, 0) is 4.79 Å². The predicted octanol–water partition coefficient (Wildman–Crippen LogP) is 2.44. The molecule has 0 spiro atoms. The van der Waals surface area contributed by atoms with E-state index < -0.39 is 0 Å². The maximum atomic E-state index is 11.8. The van der Waals surface area contributed by atoms with Crippen molar-refractivity contribution < 1.29 is 4.79 Å². The van der Waals surface area contributed by atoms with Crippen molar-refractivity contribution in [3.63, 3.8) is 0 Å². The molecule has 1 fully saturated rings. The summed E-state index contributed by atoms with van der Waals surface area (Å²) in [5, 5.41) is 3.16. The van der Waals surface area contributed by atoms with E-state index in [0.717, 1.165) is 31.1 Å². The lowest BCUT2D eigenvalue weighted by molar-refractivity contribution is -0.122. The molecule has 0 radical (unpaired) electrons. The molecule has 1 aliphatic carbocycles. The Morgan fingerprint density at radius 3 is 2.24 bits per heavy atom. The molecule has 3 nitrogen and oxygen atoms in total. The molecule has 0 aromatic rings. The molecule has 2 unspecified atom stereocenters. The normalized spacial score (nSPS) is 30.1. The maximum absolute atomic E-state index is 11.8. The van der Waals surface area contributed by atoms with Gasteiger partial charge >= 0.3 is 0 Å². The van der Waals surface area contributed by atoms with Gasteiger partial charge in [-0.25, -0.2) is 0 Å². The zero-order chi connectivity index (χ0) is 13.1. The Morgan fingerprint density at radius 1 is 1.24 bits per heavy atom. The van der Waals surface area contributed by atoms with Crippen LogP contribution < -0.4 is 11.1 Å². The van der Waals surface area contributed by atoms with E-state index >= 15 is 0 Å². The van der Waals surface area contributed by atoms with Crippen molar-refractivity contribution in [2.24, 2.45) is 17.6 Å². The fourth-order valence-electron chi connectivity index (χ4n) is 2.80. The van der Waals surface area contributed by atoms with Crippen molar-refractivity contribution in [3.05, 3.63) is 0 Å². The first-order chi connectivity index (χ1) is 7.76. The molecule has 1 rings (SSSR count). The summed E-state index contributed by atoms with van der Waals surface area (Å²) in [6.45, 7) is 8.48. The second-order valence-electron chi connectivity index (χ2n) is 6.67. The largest absolute Gasteiger partial charge is 0.353 e. The van der Waals surface area contributed by atoms with E-state index in [4.69, 9.17) is 5.73 Å². The molecule has 1 saturated carbocycles. The number of amides is 1. The van der Waals surface area contributed by atoms with Gasteiger partial charge < -0.3 is 11.1 Å². The molecule has 3 heteroatoms. The molecule has 0 aromatic heterocycles. The lowest BCUT2D eigenvalue weighted by Gasteiger charge is -2.32. The van der Waals surface area contributed by atoms with E-state index in [1.807, 2.05) is 13.8 Å². The van der Waals surface area contributed by atoms with Gasteiger partial charge in [-0.05, 0) is 51.4 Å². The summed E-state index contributed by atoms with van der Waals surface area (Å²) < 4.78 is 0. The number of nitrogens with one attached hydrogen (secondary N) is 1. The van der Waals surface area contributed by atoms with E-state index in [0.29, 0.717) is 12.5 Å². The van der Waals surface area contributed by atoms with E-state index in [9.17, 15) is 4.79 Å². The molecule has 2 atom stereocenters. The second-order valence-corrected chi connectivity index (χ2v) is 6.67. The number of hydrogen-bond donors (Lipinski definition) is 2. The van der Waals surface area contributed by atoms with Crippen molar-refractivity contribution in [3.8, 4) is 0 Å². The SMILES string of the molecule is CC1CC(C)CC(NC(=O)CCC(C)(C)N)C1. The number of carbonyl (C=O) groups excluding carboxylic acids is 1. The van der Waals surface area contributed by atoms with Crippen LogP contribution in [-0.4, -0.2) is 17.5 Å². The van der Waals surface area contributed by atoms with E-state index in [1.165, 1.54) is 6.42 Å². The smallest absolute Gasteiger partial charge is 0.220 e. The fraction of sp³-hybridized carbons (Fsp3) is 0.929. The van der Waals surface area contributed by atoms with Crippen LogP contribution in [0, 0.1) is 11.8 Å². The van der Waals surface area contributed by atoms with Crippen LogP contribution in [0.1, 0.15) is 59.8 Å². The Labute approximate surface area is 106 Å². The monoisotopic (exact) mass is 240 g/mol. The minimum absolute atomic E-state index is 0.162. The molecule has 0 heterocycles. The van der Waals surface area contributed by atoms with Crippen LogP contribution in [0.15, 0.2) is 0 Å². The molecular weight excluding hydrogens is 212 g/mol. The number of rotatable bonds is 4. The van der Waals surface area contributed by atoms with Gasteiger partial charge in [0.25, 0.3) is 0 Å². The molecule has 1 amide bonds. The van der Waals surface area contributed by atoms with E-state index in [1.54, 1.807) is 0 Å². The lowest BCUT2D eigenvalue weighted by atomic mass is 9.80. The van der Waals surface area contributed by atoms with Gasteiger partial charge in [-0.15, -0.1) is 0 Å². The lowest BCUT2D eigenvalue weighted by Crippen LogP contribution is -2.41. The van der Waals surface area contributed by atoms with Crippen molar-refractivity contribution in [2.45, 2.75) is 71.4 Å². The Kier molecular flexibility index (Phi) is 4.99. The van der Waals surface area contributed by atoms with E-state index in [2.05, 4.69) is 19.2 Å². The Morgan fingerprint density at radius 2 is 1.76 bits per heavy atom. The van der Waals surface area contributed by atoms with Gasteiger partial charge in [-0.1, -0.05) is 13.8 Å². The highest BCUT2D eigenvalue weighted by molar-refractivity contribution is 5.76. The fourth-order valence-corrected chi connectivity index (χ4v) is 2.80. The molecule has 17 heavy (non-hydrogen) atoms. The van der Waals surface area contributed by atoms with Crippen LogP contribution in [0.3, 0.4) is 0 Å². The second kappa shape index (κ2) is 5.85. The van der Waals surface area contributed by atoms with Crippen LogP contribution in [0.25, 0.3) is 0 Å². The first-order valence-corrected chi connectivity index (χ1v) is 6.84.